The number of hydrogen-bond donors (Lipinski definition) is 1. The van der Waals surface area contributed by atoms with Gasteiger partial charge in [0.05, 0.1) is 39.0 Å². The van der Waals surface area contributed by atoms with Crippen LogP contribution in [-0.4, -0.2) is 44.1 Å². The zero-order chi connectivity index (χ0) is 19.2. The van der Waals surface area contributed by atoms with Crippen LogP contribution in [-0.2, 0) is 6.42 Å². The minimum absolute atomic E-state index is 0.340. The van der Waals surface area contributed by atoms with E-state index in [9.17, 15) is 0 Å². The zero-order valence-electron chi connectivity index (χ0n) is 15.3. The van der Waals surface area contributed by atoms with Crippen LogP contribution in [0.1, 0.15) is 18.3 Å². The van der Waals surface area contributed by atoms with Gasteiger partial charge in [-0.1, -0.05) is 6.92 Å². The molecule has 26 heavy (non-hydrogen) atoms. The number of hydrogen-bond acceptors (Lipinski definition) is 9. The zero-order valence-corrected chi connectivity index (χ0v) is 15.3. The van der Waals surface area contributed by atoms with Gasteiger partial charge in [0.2, 0.25) is 5.95 Å². The third kappa shape index (κ3) is 8.48. The van der Waals surface area contributed by atoms with Crippen molar-refractivity contribution in [3.63, 3.8) is 0 Å². The molecule has 0 aliphatic heterocycles. The monoisotopic (exact) mass is 357 g/mol. The standard InChI is InChI=1S/C6H9N3.C6H8N2O.C5H6N2O/c1-2-5-3-8-6(7)9-4-5;1-5-7-3-6(9-2)4-8-5;1-8-5-2-6-4-7-3-5/h3-4H,2H2,1H3,(H2,7,8,9);3-4H,1-2H3;2-4H,1H3. The normalized spacial score (nSPS) is 9.08. The fraction of sp³-hybridized carbons (Fsp3) is 0.294. The summed E-state index contributed by atoms with van der Waals surface area (Å²) in [6, 6.07) is 0. The van der Waals surface area contributed by atoms with Gasteiger partial charge in [-0.2, -0.15) is 0 Å². The highest BCUT2D eigenvalue weighted by molar-refractivity contribution is 5.16. The van der Waals surface area contributed by atoms with Gasteiger partial charge in [0, 0.05) is 12.4 Å². The van der Waals surface area contributed by atoms with Gasteiger partial charge in [-0.05, 0) is 18.9 Å². The predicted octanol–water partition coefficient (Wildman–Crippen LogP) is 1.90. The van der Waals surface area contributed by atoms with Crippen LogP contribution in [0.2, 0.25) is 0 Å². The molecule has 3 rings (SSSR count). The second-order valence-electron chi connectivity index (χ2n) is 4.75. The molecule has 0 spiro atoms. The highest BCUT2D eigenvalue weighted by Crippen LogP contribution is 2.03. The van der Waals surface area contributed by atoms with Crippen molar-refractivity contribution in [2.75, 3.05) is 20.0 Å². The molecule has 0 aliphatic carbocycles. The molecule has 0 saturated carbocycles. The fourth-order valence-corrected chi connectivity index (χ4v) is 1.42. The Morgan fingerprint density at radius 2 is 1.31 bits per heavy atom. The number of ether oxygens (including phenoxy) is 2. The molecule has 2 N–H and O–H groups in total. The van der Waals surface area contributed by atoms with Crippen LogP contribution >= 0.6 is 0 Å². The summed E-state index contributed by atoms with van der Waals surface area (Å²) in [7, 11) is 3.17. The molecule has 0 unspecified atom stereocenters. The lowest BCUT2D eigenvalue weighted by atomic mass is 10.3. The second kappa shape index (κ2) is 12.1. The summed E-state index contributed by atoms with van der Waals surface area (Å²) in [5, 5.41) is 0. The Balaban J connectivity index is 0.000000195. The van der Waals surface area contributed by atoms with Crippen LogP contribution in [0.15, 0.2) is 43.5 Å². The molecule has 0 fully saturated rings. The molecule has 0 atom stereocenters. The van der Waals surface area contributed by atoms with E-state index in [1.807, 2.05) is 6.92 Å². The molecule has 0 aliphatic rings. The summed E-state index contributed by atoms with van der Waals surface area (Å²) in [6.07, 6.45) is 12.4. The quantitative estimate of drug-likeness (QED) is 0.748. The van der Waals surface area contributed by atoms with Crippen molar-refractivity contribution in [2.45, 2.75) is 20.3 Å². The van der Waals surface area contributed by atoms with Crippen LogP contribution < -0.4 is 15.2 Å². The molecule has 3 aromatic rings. The summed E-state index contributed by atoms with van der Waals surface area (Å²) >= 11 is 0. The van der Waals surface area contributed by atoms with Gasteiger partial charge >= 0.3 is 0 Å². The molecular formula is C17H23N7O2. The van der Waals surface area contributed by atoms with Crippen LogP contribution in [0, 0.1) is 6.92 Å². The summed E-state index contributed by atoms with van der Waals surface area (Å²) in [6.45, 7) is 3.88. The number of rotatable bonds is 3. The topological polar surface area (TPSA) is 122 Å². The van der Waals surface area contributed by atoms with Crippen molar-refractivity contribution >= 4 is 5.95 Å². The first-order valence-electron chi connectivity index (χ1n) is 7.77. The lowest BCUT2D eigenvalue weighted by Crippen LogP contribution is -1.94. The number of nitrogen functional groups attached to an aromatic ring is 1. The molecule has 138 valence electrons. The van der Waals surface area contributed by atoms with E-state index in [0.717, 1.165) is 17.8 Å². The van der Waals surface area contributed by atoms with E-state index in [1.54, 1.807) is 51.4 Å². The number of aryl methyl sites for hydroxylation is 2. The van der Waals surface area contributed by atoms with E-state index in [4.69, 9.17) is 15.2 Å². The number of aromatic nitrogens is 6. The maximum atomic E-state index is 5.26. The van der Waals surface area contributed by atoms with Gasteiger partial charge in [-0.25, -0.2) is 29.9 Å². The van der Waals surface area contributed by atoms with E-state index < -0.39 is 0 Å². The highest BCUT2D eigenvalue weighted by atomic mass is 16.5. The SMILES string of the molecule is CCc1cnc(N)nc1.COc1cnc(C)nc1.COc1cncnc1. The maximum Gasteiger partial charge on any atom is 0.219 e. The number of nitrogens with two attached hydrogens (primary N) is 1. The molecule has 3 heterocycles. The van der Waals surface area contributed by atoms with E-state index in [-0.39, 0.29) is 0 Å². The van der Waals surface area contributed by atoms with Gasteiger partial charge in [-0.3, -0.25) is 0 Å². The van der Waals surface area contributed by atoms with Crippen molar-refractivity contribution < 1.29 is 9.47 Å². The van der Waals surface area contributed by atoms with Gasteiger partial charge in [0.15, 0.2) is 11.5 Å². The van der Waals surface area contributed by atoms with Crippen LogP contribution in [0.4, 0.5) is 5.95 Å². The molecule has 0 amide bonds. The van der Waals surface area contributed by atoms with Crippen molar-refractivity contribution in [1.82, 2.24) is 29.9 Å². The minimum Gasteiger partial charge on any atom is -0.494 e. The predicted molar refractivity (Wildman–Crippen MR) is 97.7 cm³/mol. The Bertz CT molecular complexity index is 677. The summed E-state index contributed by atoms with van der Waals surface area (Å²) in [5.74, 6) is 2.48. The van der Waals surface area contributed by atoms with Crippen molar-refractivity contribution in [1.29, 1.82) is 0 Å². The molecule has 9 nitrogen and oxygen atoms in total. The molecule has 3 aromatic heterocycles. The smallest absolute Gasteiger partial charge is 0.219 e. The first-order chi connectivity index (χ1) is 12.6. The van der Waals surface area contributed by atoms with E-state index in [2.05, 4.69) is 36.8 Å². The molecular weight excluding hydrogens is 334 g/mol. The Hall–Kier alpha value is -3.36. The van der Waals surface area contributed by atoms with Gasteiger partial charge in [0.25, 0.3) is 0 Å². The Labute approximate surface area is 152 Å². The van der Waals surface area contributed by atoms with E-state index in [1.165, 1.54) is 6.33 Å². The van der Waals surface area contributed by atoms with Crippen molar-refractivity contribution in [2.24, 2.45) is 0 Å². The van der Waals surface area contributed by atoms with Crippen molar-refractivity contribution in [3.8, 4) is 11.5 Å². The molecule has 0 aromatic carbocycles. The fourth-order valence-electron chi connectivity index (χ4n) is 1.42. The van der Waals surface area contributed by atoms with Gasteiger partial charge in [-0.15, -0.1) is 0 Å². The molecule has 0 radical (unpaired) electrons. The highest BCUT2D eigenvalue weighted by Gasteiger charge is 1.89. The lowest BCUT2D eigenvalue weighted by Gasteiger charge is -1.95. The Kier molecular flexibility index (Phi) is 9.60. The largest absolute Gasteiger partial charge is 0.494 e. The Morgan fingerprint density at radius 3 is 1.73 bits per heavy atom. The number of methoxy groups -OCH3 is 2. The van der Waals surface area contributed by atoms with E-state index >= 15 is 0 Å². The van der Waals surface area contributed by atoms with Crippen LogP contribution in [0.25, 0.3) is 0 Å². The summed E-state index contributed by atoms with van der Waals surface area (Å²) < 4.78 is 9.63. The minimum atomic E-state index is 0.340. The maximum absolute atomic E-state index is 5.26. The summed E-state index contributed by atoms with van der Waals surface area (Å²) in [5.41, 5.74) is 6.37. The van der Waals surface area contributed by atoms with Gasteiger partial charge in [0.1, 0.15) is 12.2 Å². The molecule has 9 heteroatoms. The van der Waals surface area contributed by atoms with Gasteiger partial charge < -0.3 is 15.2 Å². The lowest BCUT2D eigenvalue weighted by molar-refractivity contribution is 0.410. The average Bonchev–Trinajstić information content (AvgIpc) is 2.71. The van der Waals surface area contributed by atoms with Crippen LogP contribution in [0.5, 0.6) is 11.5 Å². The third-order valence-electron chi connectivity index (χ3n) is 2.90. The molecule has 0 saturated heterocycles. The Morgan fingerprint density at radius 1 is 0.808 bits per heavy atom. The first kappa shape index (κ1) is 20.7. The molecule has 0 bridgehead atoms. The van der Waals surface area contributed by atoms with Crippen molar-refractivity contribution in [3.05, 3.63) is 54.9 Å². The van der Waals surface area contributed by atoms with Crippen LogP contribution in [0.3, 0.4) is 0 Å². The first-order valence-corrected chi connectivity index (χ1v) is 7.77. The number of anilines is 1. The second-order valence-corrected chi connectivity index (χ2v) is 4.75. The number of nitrogens with zero attached hydrogens (tertiary/aromatic N) is 6. The average molecular weight is 357 g/mol. The summed E-state index contributed by atoms with van der Waals surface area (Å²) in [4.78, 5) is 22.9. The van der Waals surface area contributed by atoms with E-state index in [0.29, 0.717) is 17.4 Å². The third-order valence-corrected chi connectivity index (χ3v) is 2.90.